The van der Waals surface area contributed by atoms with E-state index in [1.54, 1.807) is 20.8 Å². The van der Waals surface area contributed by atoms with Crippen LogP contribution in [-0.4, -0.2) is 61.5 Å². The molecule has 1 aromatic rings. The van der Waals surface area contributed by atoms with Crippen LogP contribution in [0.5, 0.6) is 0 Å². The number of carbonyl (C=O) groups excluding carboxylic acids is 2. The van der Waals surface area contributed by atoms with Crippen LogP contribution >= 0.6 is 0 Å². The number of Topliss-reactive ketones (excluding diaryl/α,β-unsaturated/α-hetero) is 1. The number of ether oxygens (including phenoxy) is 5. The Balaban J connectivity index is 1.98. The number of benzene rings is 1. The number of ketones is 1. The molecule has 1 aliphatic heterocycles. The van der Waals surface area contributed by atoms with Crippen molar-refractivity contribution in [2.75, 3.05) is 20.5 Å². The highest BCUT2D eigenvalue weighted by atomic mass is 16.7. The van der Waals surface area contributed by atoms with Crippen LogP contribution in [0.1, 0.15) is 39.2 Å². The molecule has 8 nitrogen and oxygen atoms in total. The summed E-state index contributed by atoms with van der Waals surface area (Å²) in [7, 11) is 1.48. The van der Waals surface area contributed by atoms with Gasteiger partial charge >= 0.3 is 5.97 Å². The van der Waals surface area contributed by atoms with Crippen LogP contribution < -0.4 is 0 Å². The minimum atomic E-state index is -1.10. The van der Waals surface area contributed by atoms with Crippen LogP contribution in [0.25, 0.3) is 0 Å². The summed E-state index contributed by atoms with van der Waals surface area (Å²) < 4.78 is 27.1. The van der Waals surface area contributed by atoms with E-state index in [2.05, 4.69) is 0 Å². The van der Waals surface area contributed by atoms with Gasteiger partial charge in [0.15, 0.2) is 6.29 Å². The van der Waals surface area contributed by atoms with Gasteiger partial charge in [0.1, 0.15) is 30.7 Å². The first-order valence-electron chi connectivity index (χ1n) is 9.99. The van der Waals surface area contributed by atoms with Gasteiger partial charge in [0.2, 0.25) is 0 Å². The van der Waals surface area contributed by atoms with Gasteiger partial charge in [0.25, 0.3) is 0 Å². The first-order valence-corrected chi connectivity index (χ1v) is 9.99. The van der Waals surface area contributed by atoms with Crippen LogP contribution in [0.2, 0.25) is 0 Å². The second-order valence-electron chi connectivity index (χ2n) is 8.27. The number of aliphatic hydroxyl groups is 1. The van der Waals surface area contributed by atoms with E-state index in [0.717, 1.165) is 5.56 Å². The van der Waals surface area contributed by atoms with Gasteiger partial charge in [-0.25, -0.2) is 0 Å². The number of rotatable bonds is 10. The van der Waals surface area contributed by atoms with E-state index in [0.29, 0.717) is 0 Å². The van der Waals surface area contributed by atoms with Crippen LogP contribution in [0.15, 0.2) is 30.3 Å². The van der Waals surface area contributed by atoms with E-state index in [9.17, 15) is 14.7 Å². The quantitative estimate of drug-likeness (QED) is 0.347. The molecule has 168 valence electrons. The topological polar surface area (TPSA) is 101 Å². The summed E-state index contributed by atoms with van der Waals surface area (Å²) in [4.78, 5) is 24.4. The van der Waals surface area contributed by atoms with E-state index in [-0.39, 0.29) is 38.6 Å². The fourth-order valence-electron chi connectivity index (χ4n) is 3.19. The van der Waals surface area contributed by atoms with Gasteiger partial charge < -0.3 is 28.8 Å². The maximum Gasteiger partial charge on any atom is 0.313 e. The molecule has 0 radical (unpaired) electrons. The molecule has 8 heteroatoms. The summed E-state index contributed by atoms with van der Waals surface area (Å²) in [5.74, 6) is -1.55. The monoisotopic (exact) mass is 424 g/mol. The lowest BCUT2D eigenvalue weighted by molar-refractivity contribution is -0.274. The maximum atomic E-state index is 12.5. The van der Waals surface area contributed by atoms with Crippen molar-refractivity contribution in [1.82, 2.24) is 0 Å². The average Bonchev–Trinajstić information content (AvgIpc) is 2.67. The molecule has 1 heterocycles. The number of aliphatic hydroxyl groups excluding tert-OH is 1. The fraction of sp³-hybridized carbons (Fsp3) is 0.636. The van der Waals surface area contributed by atoms with Gasteiger partial charge in [0.05, 0.1) is 19.3 Å². The third kappa shape index (κ3) is 8.12. The minimum absolute atomic E-state index is 0.00690. The number of hydrogen-bond acceptors (Lipinski definition) is 8. The molecule has 1 aromatic carbocycles. The Kier molecular flexibility index (Phi) is 9.38. The van der Waals surface area contributed by atoms with Crippen molar-refractivity contribution in [3.8, 4) is 0 Å². The zero-order valence-corrected chi connectivity index (χ0v) is 18.0. The van der Waals surface area contributed by atoms with Crippen LogP contribution in [0, 0.1) is 5.92 Å². The SMILES string of the molecule is COCO[C@@H]1CO[C@H](OCc2ccccc2)[C@H](O)[C@H]1CC(=O)CC(=O)OC(C)(C)C. The van der Waals surface area contributed by atoms with Gasteiger partial charge in [-0.2, -0.15) is 0 Å². The molecular formula is C22H32O8. The van der Waals surface area contributed by atoms with Crippen molar-refractivity contribution in [3.05, 3.63) is 35.9 Å². The highest BCUT2D eigenvalue weighted by molar-refractivity contribution is 5.95. The van der Waals surface area contributed by atoms with Crippen LogP contribution in [0.4, 0.5) is 0 Å². The van der Waals surface area contributed by atoms with E-state index in [4.69, 9.17) is 23.7 Å². The highest BCUT2D eigenvalue weighted by Crippen LogP contribution is 2.29. The predicted molar refractivity (Wildman–Crippen MR) is 107 cm³/mol. The lowest BCUT2D eigenvalue weighted by atomic mass is 9.87. The smallest absolute Gasteiger partial charge is 0.313 e. The first kappa shape index (κ1) is 24.4. The molecule has 0 spiro atoms. The summed E-state index contributed by atoms with van der Waals surface area (Å²) in [6.07, 6.45) is -3.02. The molecule has 1 saturated heterocycles. The lowest BCUT2D eigenvalue weighted by Gasteiger charge is -2.39. The molecule has 30 heavy (non-hydrogen) atoms. The maximum absolute atomic E-state index is 12.5. The van der Waals surface area contributed by atoms with Gasteiger partial charge in [-0.3, -0.25) is 9.59 Å². The molecule has 0 aromatic heterocycles. The lowest BCUT2D eigenvalue weighted by Crippen LogP contribution is -2.52. The number of carbonyl (C=O) groups is 2. The van der Waals surface area contributed by atoms with Crippen molar-refractivity contribution in [2.24, 2.45) is 5.92 Å². The van der Waals surface area contributed by atoms with Gasteiger partial charge in [0, 0.05) is 19.4 Å². The molecular weight excluding hydrogens is 392 g/mol. The summed E-state index contributed by atoms with van der Waals surface area (Å²) in [6, 6.07) is 9.50. The molecule has 0 aliphatic carbocycles. The van der Waals surface area contributed by atoms with Crippen molar-refractivity contribution in [2.45, 2.75) is 64.3 Å². The Morgan fingerprint density at radius 3 is 2.50 bits per heavy atom. The molecule has 2 rings (SSSR count). The molecule has 1 aliphatic rings. The number of methoxy groups -OCH3 is 1. The average molecular weight is 424 g/mol. The van der Waals surface area contributed by atoms with Crippen LogP contribution in [-0.2, 0) is 39.9 Å². The standard InChI is InChI=1S/C22H32O8/c1-22(2,3)30-19(24)11-16(23)10-17-18(29-14-26-4)13-28-21(20(17)25)27-12-15-8-6-5-7-9-15/h5-9,17-18,20-21,25H,10-14H2,1-4H3/t17-,18+,20+,21-/m0/s1. The summed E-state index contributed by atoms with van der Waals surface area (Å²) in [6.45, 7) is 5.59. The Labute approximate surface area is 177 Å². The molecule has 0 saturated carbocycles. The van der Waals surface area contributed by atoms with Crippen molar-refractivity contribution in [1.29, 1.82) is 0 Å². The molecule has 0 bridgehead atoms. The second-order valence-corrected chi connectivity index (χ2v) is 8.27. The minimum Gasteiger partial charge on any atom is -0.460 e. The van der Waals surface area contributed by atoms with Crippen LogP contribution in [0.3, 0.4) is 0 Å². The van der Waals surface area contributed by atoms with Crippen molar-refractivity contribution >= 4 is 11.8 Å². The summed E-state index contributed by atoms with van der Waals surface area (Å²) >= 11 is 0. The Hall–Kier alpha value is -1.84. The van der Waals surface area contributed by atoms with E-state index >= 15 is 0 Å². The zero-order chi connectivity index (χ0) is 22.1. The van der Waals surface area contributed by atoms with E-state index < -0.39 is 36.0 Å². The molecule has 1 N–H and O–H groups in total. The molecule has 1 fully saturated rings. The number of esters is 1. The summed E-state index contributed by atoms with van der Waals surface area (Å²) in [5.41, 5.74) is 0.263. The first-order chi connectivity index (χ1) is 14.2. The molecule has 0 amide bonds. The Morgan fingerprint density at radius 1 is 1.17 bits per heavy atom. The van der Waals surface area contributed by atoms with Crippen molar-refractivity contribution < 1.29 is 38.4 Å². The normalized spacial score (nSPS) is 24.4. The van der Waals surface area contributed by atoms with Gasteiger partial charge in [-0.05, 0) is 26.3 Å². The fourth-order valence-corrected chi connectivity index (χ4v) is 3.19. The predicted octanol–water partition coefficient (Wildman–Crippen LogP) is 2.22. The third-order valence-electron chi connectivity index (χ3n) is 4.50. The Bertz CT molecular complexity index is 669. The summed E-state index contributed by atoms with van der Waals surface area (Å²) in [5, 5.41) is 10.8. The van der Waals surface area contributed by atoms with Gasteiger partial charge in [-0.1, -0.05) is 30.3 Å². The molecule has 4 atom stereocenters. The second kappa shape index (κ2) is 11.5. The Morgan fingerprint density at radius 2 is 1.87 bits per heavy atom. The van der Waals surface area contributed by atoms with Gasteiger partial charge in [-0.15, -0.1) is 0 Å². The third-order valence-corrected chi connectivity index (χ3v) is 4.50. The van der Waals surface area contributed by atoms with Crippen molar-refractivity contribution in [3.63, 3.8) is 0 Å². The zero-order valence-electron chi connectivity index (χ0n) is 18.0. The van der Waals surface area contributed by atoms with E-state index in [1.165, 1.54) is 7.11 Å². The van der Waals surface area contributed by atoms with E-state index in [1.807, 2.05) is 30.3 Å². The number of hydrogen-bond donors (Lipinski definition) is 1. The highest BCUT2D eigenvalue weighted by Gasteiger charge is 2.42. The molecule has 0 unspecified atom stereocenters. The largest absolute Gasteiger partial charge is 0.460 e.